The van der Waals surface area contributed by atoms with Gasteiger partial charge in [-0.3, -0.25) is 4.90 Å². The molecule has 24 heavy (non-hydrogen) atoms. The maximum Gasteiger partial charge on any atom is 0.161 e. The van der Waals surface area contributed by atoms with Crippen molar-refractivity contribution in [3.8, 4) is 23.0 Å². The summed E-state index contributed by atoms with van der Waals surface area (Å²) in [7, 11) is 6.93. The largest absolute Gasteiger partial charge is 0.504 e. The van der Waals surface area contributed by atoms with Crippen LogP contribution in [0.15, 0.2) is 30.3 Å². The molecule has 2 aromatic carbocycles. The molecule has 1 aliphatic rings. The molecule has 0 aliphatic carbocycles. The number of likely N-dealkylation sites (N-methyl/N-ethyl adjacent to an activating group) is 1. The van der Waals surface area contributed by atoms with Gasteiger partial charge >= 0.3 is 0 Å². The van der Waals surface area contributed by atoms with E-state index >= 15 is 0 Å². The monoisotopic (exact) mass is 329 g/mol. The van der Waals surface area contributed by atoms with Gasteiger partial charge in [-0.05, 0) is 54.4 Å². The van der Waals surface area contributed by atoms with Crippen LogP contribution in [0.25, 0.3) is 0 Å². The molecule has 1 aliphatic heterocycles. The van der Waals surface area contributed by atoms with Crippen LogP contribution in [0.1, 0.15) is 22.7 Å². The van der Waals surface area contributed by atoms with E-state index in [-0.39, 0.29) is 11.8 Å². The zero-order chi connectivity index (χ0) is 17.3. The average Bonchev–Trinajstić information content (AvgIpc) is 2.60. The highest BCUT2D eigenvalue weighted by atomic mass is 16.5. The first-order chi connectivity index (χ1) is 11.6. The first kappa shape index (κ1) is 16.5. The minimum Gasteiger partial charge on any atom is -0.504 e. The first-order valence-electron chi connectivity index (χ1n) is 7.91. The second-order valence-electron chi connectivity index (χ2n) is 5.97. The summed E-state index contributed by atoms with van der Waals surface area (Å²) in [5.74, 6) is 2.09. The Labute approximate surface area is 142 Å². The van der Waals surface area contributed by atoms with Crippen LogP contribution in [0.2, 0.25) is 0 Å². The van der Waals surface area contributed by atoms with Crippen molar-refractivity contribution in [2.75, 3.05) is 34.9 Å². The van der Waals surface area contributed by atoms with Crippen molar-refractivity contribution in [2.24, 2.45) is 0 Å². The first-order valence-corrected chi connectivity index (χ1v) is 7.91. The van der Waals surface area contributed by atoms with Gasteiger partial charge in [0.1, 0.15) is 0 Å². The molecule has 5 nitrogen and oxygen atoms in total. The Morgan fingerprint density at radius 3 is 2.33 bits per heavy atom. The quantitative estimate of drug-likeness (QED) is 0.934. The predicted octanol–water partition coefficient (Wildman–Crippen LogP) is 3.00. The molecule has 0 radical (unpaired) electrons. The Morgan fingerprint density at radius 2 is 1.67 bits per heavy atom. The van der Waals surface area contributed by atoms with Gasteiger partial charge in [-0.15, -0.1) is 0 Å². The number of rotatable bonds is 4. The summed E-state index contributed by atoms with van der Waals surface area (Å²) in [5.41, 5.74) is 3.39. The number of fused-ring (bicyclic) bond motifs is 1. The van der Waals surface area contributed by atoms with Crippen LogP contribution in [-0.2, 0) is 6.42 Å². The van der Waals surface area contributed by atoms with E-state index in [9.17, 15) is 5.11 Å². The molecule has 3 rings (SSSR count). The third kappa shape index (κ3) is 2.76. The molecule has 0 saturated heterocycles. The molecule has 2 aromatic rings. The number of hydrogen-bond acceptors (Lipinski definition) is 5. The highest BCUT2D eigenvalue weighted by molar-refractivity contribution is 5.52. The van der Waals surface area contributed by atoms with Gasteiger partial charge in [0.15, 0.2) is 23.0 Å². The lowest BCUT2D eigenvalue weighted by atomic mass is 9.88. The topological polar surface area (TPSA) is 51.2 Å². The molecule has 0 amide bonds. The van der Waals surface area contributed by atoms with E-state index in [1.807, 2.05) is 30.3 Å². The molecule has 0 fully saturated rings. The second kappa shape index (κ2) is 6.61. The van der Waals surface area contributed by atoms with Crippen LogP contribution in [-0.4, -0.2) is 44.9 Å². The lowest BCUT2D eigenvalue weighted by Gasteiger charge is -2.35. The molecule has 0 saturated carbocycles. The normalized spacial score (nSPS) is 17.2. The molecular weight excluding hydrogens is 306 g/mol. The molecule has 1 unspecified atom stereocenters. The van der Waals surface area contributed by atoms with Gasteiger partial charge in [0.25, 0.3) is 0 Å². The molecule has 1 N–H and O–H groups in total. The van der Waals surface area contributed by atoms with Crippen molar-refractivity contribution in [3.63, 3.8) is 0 Å². The van der Waals surface area contributed by atoms with Crippen molar-refractivity contribution in [2.45, 2.75) is 12.5 Å². The van der Waals surface area contributed by atoms with Gasteiger partial charge in [0, 0.05) is 6.54 Å². The Balaban J connectivity index is 2.10. The zero-order valence-electron chi connectivity index (χ0n) is 14.5. The molecule has 1 heterocycles. The van der Waals surface area contributed by atoms with E-state index < -0.39 is 0 Å². The maximum absolute atomic E-state index is 10.2. The summed E-state index contributed by atoms with van der Waals surface area (Å²) in [6.45, 7) is 0.930. The van der Waals surface area contributed by atoms with E-state index in [0.29, 0.717) is 17.2 Å². The third-order valence-electron chi connectivity index (χ3n) is 4.63. The van der Waals surface area contributed by atoms with Gasteiger partial charge in [0.2, 0.25) is 0 Å². The minimum absolute atomic E-state index is 0.0466. The molecular formula is C19H23NO4. The molecule has 0 bridgehead atoms. The Bertz CT molecular complexity index is 744. The number of benzene rings is 2. The van der Waals surface area contributed by atoms with E-state index in [1.54, 1.807) is 21.3 Å². The van der Waals surface area contributed by atoms with Crippen molar-refractivity contribution in [1.82, 2.24) is 4.90 Å². The Kier molecular flexibility index (Phi) is 4.53. The second-order valence-corrected chi connectivity index (χ2v) is 5.97. The molecule has 5 heteroatoms. The van der Waals surface area contributed by atoms with E-state index in [1.165, 1.54) is 5.56 Å². The van der Waals surface area contributed by atoms with Gasteiger partial charge in [-0.1, -0.05) is 6.07 Å². The van der Waals surface area contributed by atoms with Crippen LogP contribution in [0, 0.1) is 0 Å². The number of phenols is 1. The highest BCUT2D eigenvalue weighted by Crippen LogP contribution is 2.41. The SMILES string of the molecule is COc1cc2c(cc1O)C(c1ccc(OC)c(OC)c1)N(C)CC2. The summed E-state index contributed by atoms with van der Waals surface area (Å²) in [6, 6.07) is 9.75. The molecule has 0 aromatic heterocycles. The fourth-order valence-corrected chi connectivity index (χ4v) is 3.38. The van der Waals surface area contributed by atoms with Crippen molar-refractivity contribution < 1.29 is 19.3 Å². The lowest BCUT2D eigenvalue weighted by molar-refractivity contribution is 0.261. The molecule has 1 atom stereocenters. The fourth-order valence-electron chi connectivity index (χ4n) is 3.38. The maximum atomic E-state index is 10.2. The van der Waals surface area contributed by atoms with Crippen LogP contribution in [0.4, 0.5) is 0 Å². The summed E-state index contributed by atoms with van der Waals surface area (Å²) in [6.07, 6.45) is 0.923. The minimum atomic E-state index is 0.0466. The summed E-state index contributed by atoms with van der Waals surface area (Å²) < 4.78 is 16.0. The van der Waals surface area contributed by atoms with Crippen molar-refractivity contribution in [3.05, 3.63) is 47.0 Å². The predicted molar refractivity (Wildman–Crippen MR) is 92.4 cm³/mol. The summed E-state index contributed by atoms with van der Waals surface area (Å²) in [5, 5.41) is 10.2. The van der Waals surface area contributed by atoms with E-state index in [4.69, 9.17) is 14.2 Å². The van der Waals surface area contributed by atoms with Crippen molar-refractivity contribution in [1.29, 1.82) is 0 Å². The number of phenolic OH excluding ortho intramolecular Hbond substituents is 1. The molecule has 0 spiro atoms. The van der Waals surface area contributed by atoms with E-state index in [2.05, 4.69) is 11.9 Å². The van der Waals surface area contributed by atoms with Crippen molar-refractivity contribution >= 4 is 0 Å². The van der Waals surface area contributed by atoms with Gasteiger partial charge in [-0.2, -0.15) is 0 Å². The van der Waals surface area contributed by atoms with Gasteiger partial charge in [0.05, 0.1) is 27.4 Å². The van der Waals surface area contributed by atoms with Crippen LogP contribution in [0.3, 0.4) is 0 Å². The smallest absolute Gasteiger partial charge is 0.161 e. The standard InChI is InChI=1S/C19H23NO4/c1-20-8-7-12-9-17(23-3)15(21)11-14(12)19(20)13-5-6-16(22-2)18(10-13)24-4/h5-6,9-11,19,21H,7-8H2,1-4H3. The zero-order valence-corrected chi connectivity index (χ0v) is 14.5. The lowest BCUT2D eigenvalue weighted by Crippen LogP contribution is -2.32. The van der Waals surface area contributed by atoms with Crippen LogP contribution < -0.4 is 14.2 Å². The average molecular weight is 329 g/mol. The Morgan fingerprint density at radius 1 is 0.958 bits per heavy atom. The number of hydrogen-bond donors (Lipinski definition) is 1. The summed E-state index contributed by atoms with van der Waals surface area (Å²) in [4.78, 5) is 2.27. The third-order valence-corrected chi connectivity index (χ3v) is 4.63. The fraction of sp³-hybridized carbons (Fsp3) is 0.368. The molecule has 128 valence electrons. The number of aromatic hydroxyl groups is 1. The number of nitrogens with zero attached hydrogens (tertiary/aromatic N) is 1. The number of ether oxygens (including phenoxy) is 3. The highest BCUT2D eigenvalue weighted by Gasteiger charge is 2.28. The van der Waals surface area contributed by atoms with E-state index in [0.717, 1.165) is 24.1 Å². The number of methoxy groups -OCH3 is 3. The van der Waals surface area contributed by atoms with Crippen LogP contribution >= 0.6 is 0 Å². The Hall–Kier alpha value is -2.40. The van der Waals surface area contributed by atoms with Gasteiger partial charge < -0.3 is 19.3 Å². The van der Waals surface area contributed by atoms with Crippen LogP contribution in [0.5, 0.6) is 23.0 Å². The van der Waals surface area contributed by atoms with Gasteiger partial charge in [-0.25, -0.2) is 0 Å². The summed E-state index contributed by atoms with van der Waals surface area (Å²) >= 11 is 0.